The minimum atomic E-state index is 1.14. The molecule has 0 unspecified atom stereocenters. The van der Waals surface area contributed by atoms with Crippen LogP contribution in [0.15, 0.2) is 5.10 Å². The van der Waals surface area contributed by atoms with Crippen molar-refractivity contribution in [2.75, 3.05) is 7.05 Å². The van der Waals surface area contributed by atoms with Crippen LogP contribution in [-0.4, -0.2) is 18.9 Å². The molecule has 30 valence electrons. The summed E-state index contributed by atoms with van der Waals surface area (Å²) in [6.07, 6.45) is 0. The van der Waals surface area contributed by atoms with Crippen molar-refractivity contribution < 1.29 is 0 Å². The molecule has 5 heavy (non-hydrogen) atoms. The van der Waals surface area contributed by atoms with Gasteiger partial charge in [-0.3, -0.25) is 0 Å². The molecule has 0 aromatic heterocycles. The van der Waals surface area contributed by atoms with Gasteiger partial charge in [0.25, 0.3) is 0 Å². The Kier molecular flexibility index (Phi) is 1.53. The van der Waals surface area contributed by atoms with Gasteiger partial charge in [0.05, 0.1) is 0 Å². The van der Waals surface area contributed by atoms with Gasteiger partial charge in [-0.25, -0.2) is 11.0 Å². The van der Waals surface area contributed by atoms with Gasteiger partial charge in [0, 0.05) is 13.8 Å². The van der Waals surface area contributed by atoms with Gasteiger partial charge in [-0.2, -0.15) is 5.10 Å². The van der Waals surface area contributed by atoms with Crippen molar-refractivity contribution in [2.45, 2.75) is 0 Å². The second kappa shape index (κ2) is 1.72. The van der Waals surface area contributed by atoms with Gasteiger partial charge in [-0.15, -0.1) is 0 Å². The number of hydrazine groups is 1. The van der Waals surface area contributed by atoms with Gasteiger partial charge in [0.2, 0.25) is 0 Å². The lowest BCUT2D eigenvalue weighted by atomic mass is 11.4. The molecule has 0 saturated heterocycles. The molecule has 3 nitrogen and oxygen atoms in total. The first-order valence-corrected chi connectivity index (χ1v) is 1.22. The van der Waals surface area contributed by atoms with Gasteiger partial charge in [-0.1, -0.05) is 0 Å². The second-order valence-corrected chi connectivity index (χ2v) is 0.715. The van der Waals surface area contributed by atoms with Crippen LogP contribution >= 0.6 is 0 Å². The number of hydrogen-bond donors (Lipinski definition) is 1. The zero-order valence-electron chi connectivity index (χ0n) is 3.18. The Hall–Kier alpha value is -0.570. The first-order valence-electron chi connectivity index (χ1n) is 1.22. The monoisotopic (exact) mass is 73.1 g/mol. The summed E-state index contributed by atoms with van der Waals surface area (Å²) in [6, 6.07) is 0. The summed E-state index contributed by atoms with van der Waals surface area (Å²) >= 11 is 0. The Bertz CT molecular complexity index is 31.9. The quantitative estimate of drug-likeness (QED) is 0.256. The molecule has 0 amide bonds. The standard InChI is InChI=1S/C2H7N3/c1-4-5(2)3/h1,3H2,2H3. The van der Waals surface area contributed by atoms with Crippen LogP contribution in [-0.2, 0) is 0 Å². The highest BCUT2D eigenvalue weighted by molar-refractivity contribution is 5.22. The molecule has 0 bridgehead atoms. The summed E-state index contributed by atoms with van der Waals surface area (Å²) in [5, 5.41) is 4.39. The topological polar surface area (TPSA) is 41.6 Å². The van der Waals surface area contributed by atoms with E-state index < -0.39 is 0 Å². The van der Waals surface area contributed by atoms with Gasteiger partial charge in [-0.05, 0) is 0 Å². The van der Waals surface area contributed by atoms with Crippen molar-refractivity contribution in [3.63, 3.8) is 0 Å². The maximum atomic E-state index is 4.90. The minimum Gasteiger partial charge on any atom is -0.236 e. The van der Waals surface area contributed by atoms with Crippen LogP contribution in [0.5, 0.6) is 0 Å². The molecule has 0 aliphatic heterocycles. The molecule has 0 aromatic carbocycles. The van der Waals surface area contributed by atoms with E-state index in [1.807, 2.05) is 0 Å². The Morgan fingerprint density at radius 3 is 2.20 bits per heavy atom. The SMILES string of the molecule is C=NN(C)N. The Morgan fingerprint density at radius 2 is 2.20 bits per heavy atom. The molecule has 0 spiro atoms. The van der Waals surface area contributed by atoms with E-state index in [1.165, 1.54) is 0 Å². The molecule has 0 saturated carbocycles. The maximum Gasteiger partial charge on any atom is 0.0418 e. The number of nitrogens with two attached hydrogens (primary N) is 1. The van der Waals surface area contributed by atoms with E-state index in [9.17, 15) is 0 Å². The number of hydrazone groups is 1. The Labute approximate surface area is 31.0 Å². The van der Waals surface area contributed by atoms with E-state index in [0.717, 1.165) is 5.12 Å². The fraction of sp³-hybridized carbons (Fsp3) is 0.500. The fourth-order valence-corrected chi connectivity index (χ4v) is 0. The summed E-state index contributed by atoms with van der Waals surface area (Å²) in [6.45, 7) is 3.11. The van der Waals surface area contributed by atoms with Crippen LogP contribution in [0.2, 0.25) is 0 Å². The first kappa shape index (κ1) is 4.43. The number of nitrogens with zero attached hydrogens (tertiary/aromatic N) is 2. The third kappa shape index (κ3) is 3.43. The molecule has 0 heterocycles. The predicted octanol–water partition coefficient (Wildman–Crippen LogP) is -0.593. The summed E-state index contributed by atoms with van der Waals surface area (Å²) in [5.74, 6) is 4.90. The van der Waals surface area contributed by atoms with Crippen LogP contribution in [0.1, 0.15) is 0 Å². The van der Waals surface area contributed by atoms with Crippen molar-refractivity contribution in [3.8, 4) is 0 Å². The molecular formula is C2H7N3. The van der Waals surface area contributed by atoms with E-state index in [0.29, 0.717) is 0 Å². The first-order chi connectivity index (χ1) is 2.27. The molecule has 3 heteroatoms. The normalized spacial score (nSPS) is 6.80. The fourth-order valence-electron chi connectivity index (χ4n) is 0. The van der Waals surface area contributed by atoms with Crippen LogP contribution < -0.4 is 5.84 Å². The maximum absolute atomic E-state index is 4.90. The molecular weight excluding hydrogens is 66.0 g/mol. The van der Waals surface area contributed by atoms with Crippen LogP contribution in [0.25, 0.3) is 0 Å². The van der Waals surface area contributed by atoms with Crippen molar-refractivity contribution in [3.05, 3.63) is 0 Å². The lowest BCUT2D eigenvalue weighted by Crippen LogP contribution is -2.17. The highest BCUT2D eigenvalue weighted by Crippen LogP contribution is 1.55. The van der Waals surface area contributed by atoms with Crippen LogP contribution in [0.3, 0.4) is 0 Å². The predicted molar refractivity (Wildman–Crippen MR) is 21.5 cm³/mol. The van der Waals surface area contributed by atoms with Crippen LogP contribution in [0, 0.1) is 0 Å². The summed E-state index contributed by atoms with van der Waals surface area (Å²) in [7, 11) is 1.60. The van der Waals surface area contributed by atoms with E-state index in [4.69, 9.17) is 5.84 Å². The molecule has 0 aromatic rings. The number of rotatable bonds is 1. The molecule has 0 rings (SSSR count). The van der Waals surface area contributed by atoms with Crippen molar-refractivity contribution >= 4 is 6.72 Å². The molecule has 0 radical (unpaired) electrons. The average Bonchev–Trinajstić information content (AvgIpc) is 1.38. The zero-order chi connectivity index (χ0) is 4.28. The summed E-state index contributed by atoms with van der Waals surface area (Å²) in [4.78, 5) is 0. The summed E-state index contributed by atoms with van der Waals surface area (Å²) in [5.41, 5.74) is 0. The lowest BCUT2D eigenvalue weighted by molar-refractivity contribution is 0.375. The molecule has 0 fully saturated rings. The van der Waals surface area contributed by atoms with E-state index >= 15 is 0 Å². The minimum absolute atomic E-state index is 1.14. The molecule has 2 N–H and O–H groups in total. The van der Waals surface area contributed by atoms with Gasteiger partial charge >= 0.3 is 0 Å². The van der Waals surface area contributed by atoms with E-state index in [-0.39, 0.29) is 0 Å². The highest BCUT2D eigenvalue weighted by Gasteiger charge is 1.62. The van der Waals surface area contributed by atoms with E-state index in [2.05, 4.69) is 11.8 Å². The summed E-state index contributed by atoms with van der Waals surface area (Å²) < 4.78 is 0. The molecule has 0 atom stereocenters. The highest BCUT2D eigenvalue weighted by atomic mass is 15.6. The molecule has 0 aliphatic rings. The molecule has 0 aliphatic carbocycles. The van der Waals surface area contributed by atoms with Crippen molar-refractivity contribution in [1.29, 1.82) is 0 Å². The third-order valence-electron chi connectivity index (χ3n) is 0.223. The zero-order valence-corrected chi connectivity index (χ0v) is 3.18. The van der Waals surface area contributed by atoms with Gasteiger partial charge in [0.15, 0.2) is 0 Å². The van der Waals surface area contributed by atoms with Gasteiger partial charge < -0.3 is 0 Å². The smallest absolute Gasteiger partial charge is 0.0418 e. The van der Waals surface area contributed by atoms with Gasteiger partial charge in [0.1, 0.15) is 0 Å². The lowest BCUT2D eigenvalue weighted by Gasteiger charge is -1.96. The van der Waals surface area contributed by atoms with E-state index in [1.54, 1.807) is 7.05 Å². The van der Waals surface area contributed by atoms with Crippen molar-refractivity contribution in [2.24, 2.45) is 10.9 Å². The second-order valence-electron chi connectivity index (χ2n) is 0.715. The Morgan fingerprint density at radius 1 is 2.00 bits per heavy atom. The van der Waals surface area contributed by atoms with Crippen LogP contribution in [0.4, 0.5) is 0 Å². The third-order valence-corrected chi connectivity index (χ3v) is 0.223. The largest absolute Gasteiger partial charge is 0.236 e. The average molecular weight is 73.1 g/mol. The number of hydrogen-bond acceptors (Lipinski definition) is 3. The Balaban J connectivity index is 2.83. The van der Waals surface area contributed by atoms with Crippen molar-refractivity contribution in [1.82, 2.24) is 5.12 Å².